The fourth-order valence-corrected chi connectivity index (χ4v) is 0.258. The second-order valence-corrected chi connectivity index (χ2v) is 1.48. The van der Waals surface area contributed by atoms with Crippen molar-refractivity contribution in [3.05, 3.63) is 12.2 Å². The van der Waals surface area contributed by atoms with Gasteiger partial charge in [0.2, 0.25) is 0 Å². The van der Waals surface area contributed by atoms with Gasteiger partial charge in [-0.2, -0.15) is 0 Å². The van der Waals surface area contributed by atoms with Crippen molar-refractivity contribution in [2.24, 2.45) is 0 Å². The van der Waals surface area contributed by atoms with Crippen molar-refractivity contribution in [3.8, 4) is 0 Å². The molecule has 0 spiro atoms. The Balaban J connectivity index is -0.000000320. The minimum atomic E-state index is -1.27. The third-order valence-electron chi connectivity index (χ3n) is 0.667. The van der Waals surface area contributed by atoms with Gasteiger partial charge in [0.1, 0.15) is 0 Å². The molecule has 0 atom stereocenters. The van der Waals surface area contributed by atoms with Crippen LogP contribution in [0.1, 0.15) is 7.85 Å². The summed E-state index contributed by atoms with van der Waals surface area (Å²) in [6.45, 7) is 3.01. The molecular formula is C5H7O4Rb. The summed E-state index contributed by atoms with van der Waals surface area (Å²) >= 11 is 0. The molecule has 0 aliphatic carbocycles. The van der Waals surface area contributed by atoms with Crippen LogP contribution in [0.2, 0.25) is 0 Å². The molecule has 0 aliphatic rings. The van der Waals surface area contributed by atoms with Crippen LogP contribution in [-0.2, 0) is 9.59 Å². The van der Waals surface area contributed by atoms with E-state index < -0.39 is 18.4 Å². The van der Waals surface area contributed by atoms with Crippen molar-refractivity contribution in [2.75, 3.05) is 0 Å². The van der Waals surface area contributed by atoms with Gasteiger partial charge in [-0.15, -0.1) is 0 Å². The van der Waals surface area contributed by atoms with Crippen LogP contribution < -0.4 is 58.2 Å². The molecule has 0 fully saturated rings. The molecule has 0 unspecified atom stereocenters. The van der Waals surface area contributed by atoms with E-state index in [0.717, 1.165) is 0 Å². The first-order valence-corrected chi connectivity index (χ1v) is 2.17. The van der Waals surface area contributed by atoms with E-state index >= 15 is 0 Å². The Morgan fingerprint density at radius 1 is 1.40 bits per heavy atom. The Morgan fingerprint density at radius 2 is 1.80 bits per heavy atom. The molecule has 2 N–H and O–H groups in total. The average Bonchev–Trinajstić information content (AvgIpc) is 1.63. The van der Waals surface area contributed by atoms with Gasteiger partial charge < -0.3 is 11.6 Å². The summed E-state index contributed by atoms with van der Waals surface area (Å²) < 4.78 is 0. The standard InChI is InChI=1S/C5H6O4.Rb.H/c1-3(5(8)9)2-4(6)7;;/h1-2H2,(H,6,7)(H,8,9);;/q;+1;-1. The molecule has 0 aromatic carbocycles. The molecule has 0 rings (SSSR count). The van der Waals surface area contributed by atoms with E-state index in [0.29, 0.717) is 0 Å². The summed E-state index contributed by atoms with van der Waals surface area (Å²) in [6.07, 6.45) is -0.505. The van der Waals surface area contributed by atoms with Gasteiger partial charge in [0.15, 0.2) is 0 Å². The van der Waals surface area contributed by atoms with Gasteiger partial charge in [-0.25, -0.2) is 4.79 Å². The van der Waals surface area contributed by atoms with Gasteiger partial charge in [-0.05, 0) is 0 Å². The van der Waals surface area contributed by atoms with Crippen molar-refractivity contribution in [1.82, 2.24) is 0 Å². The van der Waals surface area contributed by atoms with Gasteiger partial charge >= 0.3 is 70.1 Å². The minimum absolute atomic E-state index is 0. The van der Waals surface area contributed by atoms with Crippen LogP contribution in [0.5, 0.6) is 0 Å². The van der Waals surface area contributed by atoms with E-state index in [1.54, 1.807) is 0 Å². The molecule has 5 heteroatoms. The topological polar surface area (TPSA) is 74.6 Å². The van der Waals surface area contributed by atoms with Crippen molar-refractivity contribution in [3.63, 3.8) is 0 Å². The number of carboxylic acid groups (broad SMARTS) is 2. The molecule has 4 nitrogen and oxygen atoms in total. The molecule has 0 aromatic heterocycles. The molecule has 52 valence electrons. The molecule has 10 heavy (non-hydrogen) atoms. The maximum Gasteiger partial charge on any atom is 1.00 e. The first-order chi connectivity index (χ1) is 4.04. The Labute approximate surface area is 108 Å². The molecule has 0 bridgehead atoms. The van der Waals surface area contributed by atoms with Crippen LogP contribution in [0.25, 0.3) is 0 Å². The Morgan fingerprint density at radius 3 is 1.90 bits per heavy atom. The number of carbonyl (C=O) groups is 2. The monoisotopic (exact) mass is 216 g/mol. The number of aliphatic carboxylic acids is 2. The van der Waals surface area contributed by atoms with E-state index in [-0.39, 0.29) is 65.2 Å². The minimum Gasteiger partial charge on any atom is -1.00 e. The third kappa shape index (κ3) is 6.60. The van der Waals surface area contributed by atoms with Crippen molar-refractivity contribution < 1.29 is 79.4 Å². The first kappa shape index (κ1) is 13.1. The average molecular weight is 217 g/mol. The van der Waals surface area contributed by atoms with Gasteiger partial charge in [0.05, 0.1) is 6.42 Å². The third-order valence-corrected chi connectivity index (χ3v) is 0.667. The summed E-state index contributed by atoms with van der Waals surface area (Å²) in [5.74, 6) is -2.44. The molecule has 0 amide bonds. The summed E-state index contributed by atoms with van der Waals surface area (Å²) in [7, 11) is 0. The molecule has 0 aromatic rings. The number of carboxylic acids is 2. The first-order valence-electron chi connectivity index (χ1n) is 2.17. The van der Waals surface area contributed by atoms with E-state index in [1.165, 1.54) is 0 Å². The summed E-state index contributed by atoms with van der Waals surface area (Å²) in [6, 6.07) is 0. The van der Waals surface area contributed by atoms with E-state index in [4.69, 9.17) is 10.2 Å². The van der Waals surface area contributed by atoms with Gasteiger partial charge in [0, 0.05) is 5.57 Å². The van der Waals surface area contributed by atoms with Crippen LogP contribution in [0.4, 0.5) is 0 Å². The van der Waals surface area contributed by atoms with Gasteiger partial charge in [0.25, 0.3) is 0 Å². The van der Waals surface area contributed by atoms with Crippen molar-refractivity contribution in [2.45, 2.75) is 6.42 Å². The van der Waals surface area contributed by atoms with Crippen LogP contribution in [-0.4, -0.2) is 22.2 Å². The van der Waals surface area contributed by atoms with Gasteiger partial charge in [-0.3, -0.25) is 4.79 Å². The second kappa shape index (κ2) is 6.21. The fraction of sp³-hybridized carbons (Fsp3) is 0.200. The molecule has 0 saturated heterocycles. The summed E-state index contributed by atoms with van der Waals surface area (Å²) in [5.41, 5.74) is -0.303. The predicted molar refractivity (Wildman–Crippen MR) is 30.1 cm³/mol. The quantitative estimate of drug-likeness (QED) is 0.501. The Bertz CT molecular complexity index is 168. The molecule has 0 aliphatic heterocycles. The van der Waals surface area contributed by atoms with Crippen molar-refractivity contribution in [1.29, 1.82) is 0 Å². The molecular weight excluding hydrogens is 210 g/mol. The normalized spacial score (nSPS) is 7.60. The second-order valence-electron chi connectivity index (χ2n) is 1.48. The fourth-order valence-electron chi connectivity index (χ4n) is 0.258. The maximum absolute atomic E-state index is 9.87. The Hall–Kier alpha value is 0.485. The van der Waals surface area contributed by atoms with E-state index in [9.17, 15) is 9.59 Å². The smallest absolute Gasteiger partial charge is 1.00 e. The number of hydrogen-bond donors (Lipinski definition) is 2. The molecule has 0 saturated carbocycles. The van der Waals surface area contributed by atoms with E-state index in [1.807, 2.05) is 0 Å². The zero-order chi connectivity index (χ0) is 7.44. The van der Waals surface area contributed by atoms with Crippen LogP contribution in [0.3, 0.4) is 0 Å². The SMILES string of the molecule is C=C(CC(=O)O)C(=O)O.[H-].[Rb+]. The van der Waals surface area contributed by atoms with Crippen LogP contribution in [0.15, 0.2) is 12.2 Å². The Kier molecular flexibility index (Phi) is 8.14. The van der Waals surface area contributed by atoms with Gasteiger partial charge in [-0.1, -0.05) is 6.58 Å². The maximum atomic E-state index is 9.87. The zero-order valence-corrected chi connectivity index (χ0v) is 10.5. The van der Waals surface area contributed by atoms with Crippen LogP contribution >= 0.6 is 0 Å². The zero-order valence-electron chi connectivity index (χ0n) is 6.63. The summed E-state index contributed by atoms with van der Waals surface area (Å²) in [5, 5.41) is 16.1. The molecule has 0 heterocycles. The van der Waals surface area contributed by atoms with E-state index in [2.05, 4.69) is 6.58 Å². The van der Waals surface area contributed by atoms with Crippen molar-refractivity contribution >= 4 is 11.9 Å². The predicted octanol–water partition coefficient (Wildman–Crippen LogP) is -2.78. The molecule has 0 radical (unpaired) electrons. The largest absolute Gasteiger partial charge is 1.00 e. The number of rotatable bonds is 3. The number of hydrogen-bond acceptors (Lipinski definition) is 2. The van der Waals surface area contributed by atoms with Crippen LogP contribution in [0, 0.1) is 0 Å². The summed E-state index contributed by atoms with van der Waals surface area (Å²) in [4.78, 5) is 19.7.